The SMILES string of the molecule is C[C@H]1CC(=O)NC(SCC(=O)NCc2ccccc2)=N1. The molecular formula is C14H17N3O2S. The summed E-state index contributed by atoms with van der Waals surface area (Å²) in [4.78, 5) is 27.3. The van der Waals surface area contributed by atoms with E-state index in [-0.39, 0.29) is 23.6 Å². The summed E-state index contributed by atoms with van der Waals surface area (Å²) in [6.07, 6.45) is 0.407. The number of nitrogens with zero attached hydrogens (tertiary/aromatic N) is 1. The van der Waals surface area contributed by atoms with Crippen LogP contribution in [0.3, 0.4) is 0 Å². The molecule has 0 saturated heterocycles. The molecule has 1 aliphatic rings. The Morgan fingerprint density at radius 3 is 2.90 bits per heavy atom. The van der Waals surface area contributed by atoms with Crippen molar-refractivity contribution in [2.45, 2.75) is 25.9 Å². The number of amides is 2. The van der Waals surface area contributed by atoms with Gasteiger partial charge in [0.15, 0.2) is 5.17 Å². The number of carbonyl (C=O) groups is 2. The molecule has 2 rings (SSSR count). The lowest BCUT2D eigenvalue weighted by molar-refractivity contribution is -0.120. The largest absolute Gasteiger partial charge is 0.351 e. The van der Waals surface area contributed by atoms with Gasteiger partial charge in [0.2, 0.25) is 11.8 Å². The van der Waals surface area contributed by atoms with Gasteiger partial charge in [-0.2, -0.15) is 0 Å². The fraction of sp³-hybridized carbons (Fsp3) is 0.357. The number of nitrogens with one attached hydrogen (secondary N) is 2. The monoisotopic (exact) mass is 291 g/mol. The van der Waals surface area contributed by atoms with Crippen molar-refractivity contribution in [2.75, 3.05) is 5.75 Å². The number of aliphatic imine (C=N–C) groups is 1. The molecule has 106 valence electrons. The molecule has 0 radical (unpaired) electrons. The molecule has 1 aromatic rings. The van der Waals surface area contributed by atoms with Crippen LogP contribution >= 0.6 is 11.8 Å². The molecule has 0 fully saturated rings. The number of carbonyl (C=O) groups excluding carboxylic acids is 2. The van der Waals surface area contributed by atoms with E-state index in [0.29, 0.717) is 18.1 Å². The first-order valence-electron chi connectivity index (χ1n) is 6.44. The number of amidine groups is 1. The van der Waals surface area contributed by atoms with E-state index in [1.807, 2.05) is 37.3 Å². The minimum Gasteiger partial charge on any atom is -0.351 e. The highest BCUT2D eigenvalue weighted by molar-refractivity contribution is 8.14. The van der Waals surface area contributed by atoms with Gasteiger partial charge in [-0.05, 0) is 12.5 Å². The van der Waals surface area contributed by atoms with Crippen molar-refractivity contribution in [3.8, 4) is 0 Å². The van der Waals surface area contributed by atoms with E-state index < -0.39 is 0 Å². The molecule has 0 spiro atoms. The maximum Gasteiger partial charge on any atom is 0.230 e. The summed E-state index contributed by atoms with van der Waals surface area (Å²) in [5, 5.41) is 6.03. The van der Waals surface area contributed by atoms with E-state index in [2.05, 4.69) is 15.6 Å². The van der Waals surface area contributed by atoms with Crippen LogP contribution in [0.2, 0.25) is 0 Å². The third-order valence-electron chi connectivity index (χ3n) is 2.74. The van der Waals surface area contributed by atoms with Gasteiger partial charge in [0.1, 0.15) is 0 Å². The molecule has 0 unspecified atom stereocenters. The van der Waals surface area contributed by atoms with Gasteiger partial charge in [-0.3, -0.25) is 14.6 Å². The van der Waals surface area contributed by atoms with E-state index >= 15 is 0 Å². The third-order valence-corrected chi connectivity index (χ3v) is 3.62. The smallest absolute Gasteiger partial charge is 0.230 e. The molecular weight excluding hydrogens is 274 g/mol. The summed E-state index contributed by atoms with van der Waals surface area (Å²) in [7, 11) is 0. The van der Waals surface area contributed by atoms with Gasteiger partial charge in [0.05, 0.1) is 11.8 Å². The summed E-state index contributed by atoms with van der Waals surface area (Å²) in [5.41, 5.74) is 1.06. The van der Waals surface area contributed by atoms with Gasteiger partial charge in [0.25, 0.3) is 0 Å². The highest BCUT2D eigenvalue weighted by atomic mass is 32.2. The molecule has 2 N–H and O–H groups in total. The molecule has 20 heavy (non-hydrogen) atoms. The second-order valence-electron chi connectivity index (χ2n) is 4.59. The normalized spacial score (nSPS) is 18.1. The van der Waals surface area contributed by atoms with E-state index in [1.54, 1.807) is 0 Å². The molecule has 5 nitrogen and oxygen atoms in total. The Morgan fingerprint density at radius 1 is 1.45 bits per heavy atom. The molecule has 0 bridgehead atoms. The number of benzene rings is 1. The predicted octanol–water partition coefficient (Wildman–Crippen LogP) is 1.30. The Labute approximate surface area is 122 Å². The van der Waals surface area contributed by atoms with Crippen molar-refractivity contribution in [1.82, 2.24) is 10.6 Å². The molecule has 0 aliphatic carbocycles. The van der Waals surface area contributed by atoms with Crippen LogP contribution in [0.4, 0.5) is 0 Å². The summed E-state index contributed by atoms with van der Waals surface area (Å²) in [5.74, 6) is 0.132. The molecule has 1 aliphatic heterocycles. The summed E-state index contributed by atoms with van der Waals surface area (Å²) in [6.45, 7) is 2.39. The Hall–Kier alpha value is -1.82. The lowest BCUT2D eigenvalue weighted by Crippen LogP contribution is -2.37. The zero-order valence-electron chi connectivity index (χ0n) is 11.3. The van der Waals surface area contributed by atoms with Crippen LogP contribution in [0.1, 0.15) is 18.9 Å². The van der Waals surface area contributed by atoms with Crippen molar-refractivity contribution >= 4 is 28.7 Å². The zero-order chi connectivity index (χ0) is 14.4. The van der Waals surface area contributed by atoms with Crippen LogP contribution in [0.25, 0.3) is 0 Å². The fourth-order valence-electron chi connectivity index (χ4n) is 1.77. The Kier molecular flexibility index (Phi) is 5.17. The molecule has 2 amide bonds. The van der Waals surface area contributed by atoms with Crippen molar-refractivity contribution in [1.29, 1.82) is 0 Å². The first-order chi connectivity index (χ1) is 9.63. The fourth-order valence-corrected chi connectivity index (χ4v) is 2.58. The van der Waals surface area contributed by atoms with Crippen LogP contribution in [-0.2, 0) is 16.1 Å². The maximum atomic E-state index is 11.7. The standard InChI is InChI=1S/C14H17N3O2S/c1-10-7-12(18)17-14(16-10)20-9-13(19)15-8-11-5-3-2-4-6-11/h2-6,10H,7-9H2,1H3,(H,15,19)(H,16,17,18)/t10-/m0/s1. The first-order valence-corrected chi connectivity index (χ1v) is 7.43. The molecule has 1 heterocycles. The van der Waals surface area contributed by atoms with Crippen LogP contribution < -0.4 is 10.6 Å². The summed E-state index contributed by atoms with van der Waals surface area (Å²) in [6, 6.07) is 9.71. The van der Waals surface area contributed by atoms with Gasteiger partial charge < -0.3 is 10.6 Å². The van der Waals surface area contributed by atoms with Gasteiger partial charge >= 0.3 is 0 Å². The van der Waals surface area contributed by atoms with E-state index in [9.17, 15) is 9.59 Å². The molecule has 0 aromatic heterocycles. The van der Waals surface area contributed by atoms with Crippen LogP contribution in [-0.4, -0.2) is 28.8 Å². The molecule has 1 atom stereocenters. The Morgan fingerprint density at radius 2 is 2.20 bits per heavy atom. The molecule has 0 saturated carbocycles. The van der Waals surface area contributed by atoms with Crippen LogP contribution in [0.15, 0.2) is 35.3 Å². The number of hydrogen-bond acceptors (Lipinski definition) is 4. The second-order valence-corrected chi connectivity index (χ2v) is 5.55. The van der Waals surface area contributed by atoms with Crippen molar-refractivity contribution in [3.63, 3.8) is 0 Å². The topological polar surface area (TPSA) is 70.6 Å². The van der Waals surface area contributed by atoms with E-state index in [0.717, 1.165) is 5.56 Å². The zero-order valence-corrected chi connectivity index (χ0v) is 12.1. The van der Waals surface area contributed by atoms with Crippen LogP contribution in [0.5, 0.6) is 0 Å². The lowest BCUT2D eigenvalue weighted by atomic mass is 10.2. The predicted molar refractivity (Wildman–Crippen MR) is 80.4 cm³/mol. The highest BCUT2D eigenvalue weighted by Gasteiger charge is 2.18. The van der Waals surface area contributed by atoms with E-state index in [1.165, 1.54) is 11.8 Å². The van der Waals surface area contributed by atoms with Gasteiger partial charge in [-0.1, -0.05) is 42.1 Å². The first kappa shape index (κ1) is 14.6. The van der Waals surface area contributed by atoms with Crippen molar-refractivity contribution < 1.29 is 9.59 Å². The molecule has 6 heteroatoms. The maximum absolute atomic E-state index is 11.7. The number of thioether (sulfide) groups is 1. The minimum absolute atomic E-state index is 0.0152. The quantitative estimate of drug-likeness (QED) is 0.878. The van der Waals surface area contributed by atoms with Crippen molar-refractivity contribution in [2.24, 2.45) is 4.99 Å². The van der Waals surface area contributed by atoms with E-state index in [4.69, 9.17) is 0 Å². The highest BCUT2D eigenvalue weighted by Crippen LogP contribution is 2.10. The summed E-state index contributed by atoms with van der Waals surface area (Å²) < 4.78 is 0. The number of rotatable bonds is 4. The third kappa shape index (κ3) is 4.70. The Bertz CT molecular complexity index is 516. The van der Waals surface area contributed by atoms with Crippen LogP contribution in [0, 0.1) is 0 Å². The second kappa shape index (κ2) is 7.09. The van der Waals surface area contributed by atoms with Crippen molar-refractivity contribution in [3.05, 3.63) is 35.9 Å². The van der Waals surface area contributed by atoms with Gasteiger partial charge in [-0.25, -0.2) is 0 Å². The summed E-state index contributed by atoms with van der Waals surface area (Å²) >= 11 is 1.25. The minimum atomic E-state index is -0.0750. The average Bonchev–Trinajstić information content (AvgIpc) is 2.43. The lowest BCUT2D eigenvalue weighted by Gasteiger charge is -2.17. The Balaban J connectivity index is 1.74. The number of hydrogen-bond donors (Lipinski definition) is 2. The average molecular weight is 291 g/mol. The molecule has 1 aromatic carbocycles. The van der Waals surface area contributed by atoms with Gasteiger partial charge in [0, 0.05) is 13.0 Å². The van der Waals surface area contributed by atoms with Gasteiger partial charge in [-0.15, -0.1) is 0 Å².